The molecule has 0 radical (unpaired) electrons. The van der Waals surface area contributed by atoms with Crippen LogP contribution < -0.4 is 11.1 Å². The van der Waals surface area contributed by atoms with Gasteiger partial charge in [0, 0.05) is 12.2 Å². The summed E-state index contributed by atoms with van der Waals surface area (Å²) in [4.78, 5) is 10.1. The number of unbranched alkanes of at least 4 members (excludes halogenated alkanes) is 1. The summed E-state index contributed by atoms with van der Waals surface area (Å²) in [6.07, 6.45) is 1.79. The van der Waals surface area contributed by atoms with Crippen molar-refractivity contribution in [3.8, 4) is 0 Å². The predicted molar refractivity (Wildman–Crippen MR) is 59.8 cm³/mol. The maximum absolute atomic E-state index is 10.1. The third-order valence-electron chi connectivity index (χ3n) is 2.12. The minimum Gasteiger partial charge on any atom is -0.465 e. The van der Waals surface area contributed by atoms with Gasteiger partial charge in [0.1, 0.15) is 0 Å². The van der Waals surface area contributed by atoms with Crippen LogP contribution in [0.2, 0.25) is 0 Å². The molecule has 82 valence electrons. The molecule has 4 heteroatoms. The maximum Gasteiger partial charge on any atom is 0.404 e. The average molecular weight is 208 g/mol. The Balaban J connectivity index is 2.17. The zero-order chi connectivity index (χ0) is 11.1. The van der Waals surface area contributed by atoms with Crippen LogP contribution in [0.25, 0.3) is 0 Å². The second kappa shape index (κ2) is 5.90. The van der Waals surface area contributed by atoms with E-state index >= 15 is 0 Å². The van der Waals surface area contributed by atoms with E-state index in [9.17, 15) is 4.79 Å². The van der Waals surface area contributed by atoms with Crippen LogP contribution in [0.3, 0.4) is 0 Å². The SMILES string of the molecule is Nc1cccc(CCCCNC(=O)O)c1. The van der Waals surface area contributed by atoms with Crippen molar-refractivity contribution in [2.45, 2.75) is 19.3 Å². The second-order valence-electron chi connectivity index (χ2n) is 3.43. The van der Waals surface area contributed by atoms with Gasteiger partial charge >= 0.3 is 6.09 Å². The molecule has 0 unspecified atom stereocenters. The van der Waals surface area contributed by atoms with E-state index in [0.717, 1.165) is 24.9 Å². The fraction of sp³-hybridized carbons (Fsp3) is 0.364. The summed E-state index contributed by atoms with van der Waals surface area (Å²) in [7, 11) is 0. The van der Waals surface area contributed by atoms with Gasteiger partial charge in [0.05, 0.1) is 0 Å². The highest BCUT2D eigenvalue weighted by Gasteiger charge is 1.96. The van der Waals surface area contributed by atoms with E-state index in [0.29, 0.717) is 6.54 Å². The van der Waals surface area contributed by atoms with Gasteiger partial charge in [0.2, 0.25) is 0 Å². The number of benzene rings is 1. The molecular weight excluding hydrogens is 192 g/mol. The van der Waals surface area contributed by atoms with E-state index in [-0.39, 0.29) is 0 Å². The summed E-state index contributed by atoms with van der Waals surface area (Å²) < 4.78 is 0. The molecule has 1 aromatic carbocycles. The van der Waals surface area contributed by atoms with Gasteiger partial charge in [-0.1, -0.05) is 12.1 Å². The fourth-order valence-corrected chi connectivity index (χ4v) is 1.40. The monoisotopic (exact) mass is 208 g/mol. The van der Waals surface area contributed by atoms with Crippen LogP contribution in [-0.4, -0.2) is 17.7 Å². The Bertz CT molecular complexity index is 326. The summed E-state index contributed by atoms with van der Waals surface area (Å²) in [6, 6.07) is 7.77. The van der Waals surface area contributed by atoms with Crippen molar-refractivity contribution in [1.82, 2.24) is 5.32 Å². The minimum atomic E-state index is -0.959. The van der Waals surface area contributed by atoms with Crippen LogP contribution in [-0.2, 0) is 6.42 Å². The van der Waals surface area contributed by atoms with Crippen molar-refractivity contribution >= 4 is 11.8 Å². The van der Waals surface area contributed by atoms with Crippen LogP contribution in [0, 0.1) is 0 Å². The average Bonchev–Trinajstić information content (AvgIpc) is 2.17. The minimum absolute atomic E-state index is 0.512. The Morgan fingerprint density at radius 3 is 2.87 bits per heavy atom. The summed E-state index contributed by atoms with van der Waals surface area (Å²) >= 11 is 0. The first-order chi connectivity index (χ1) is 7.18. The highest BCUT2D eigenvalue weighted by Crippen LogP contribution is 2.09. The Labute approximate surface area is 89.1 Å². The van der Waals surface area contributed by atoms with E-state index < -0.39 is 6.09 Å². The Morgan fingerprint density at radius 1 is 1.40 bits per heavy atom. The van der Waals surface area contributed by atoms with Gasteiger partial charge in [-0.25, -0.2) is 4.79 Å². The molecule has 1 aromatic rings. The number of hydrogen-bond acceptors (Lipinski definition) is 2. The smallest absolute Gasteiger partial charge is 0.404 e. The van der Waals surface area contributed by atoms with Gasteiger partial charge in [0.25, 0.3) is 0 Å². The van der Waals surface area contributed by atoms with Crippen molar-refractivity contribution in [3.05, 3.63) is 29.8 Å². The van der Waals surface area contributed by atoms with Crippen LogP contribution in [0.5, 0.6) is 0 Å². The molecule has 4 N–H and O–H groups in total. The zero-order valence-corrected chi connectivity index (χ0v) is 8.57. The van der Waals surface area contributed by atoms with Crippen molar-refractivity contribution in [2.75, 3.05) is 12.3 Å². The number of nitrogen functional groups attached to an aromatic ring is 1. The summed E-state index contributed by atoms with van der Waals surface area (Å²) in [5, 5.41) is 10.7. The van der Waals surface area contributed by atoms with E-state index in [1.807, 2.05) is 24.3 Å². The molecule has 0 saturated heterocycles. The topological polar surface area (TPSA) is 75.3 Å². The quantitative estimate of drug-likeness (QED) is 0.510. The number of amides is 1. The number of aryl methyl sites for hydroxylation is 1. The second-order valence-corrected chi connectivity index (χ2v) is 3.43. The molecule has 1 amide bonds. The molecule has 0 saturated carbocycles. The number of nitrogens with two attached hydrogens (primary N) is 1. The molecule has 0 heterocycles. The van der Waals surface area contributed by atoms with Gasteiger partial charge in [-0.2, -0.15) is 0 Å². The molecule has 15 heavy (non-hydrogen) atoms. The van der Waals surface area contributed by atoms with Crippen LogP contribution >= 0.6 is 0 Å². The molecule has 0 atom stereocenters. The van der Waals surface area contributed by atoms with Gasteiger partial charge in [0.15, 0.2) is 0 Å². The van der Waals surface area contributed by atoms with Crippen LogP contribution in [0.15, 0.2) is 24.3 Å². The number of nitrogens with one attached hydrogen (secondary N) is 1. The van der Waals surface area contributed by atoms with Gasteiger partial charge in [-0.15, -0.1) is 0 Å². The number of carboxylic acid groups (broad SMARTS) is 1. The zero-order valence-electron chi connectivity index (χ0n) is 8.57. The number of anilines is 1. The molecule has 4 nitrogen and oxygen atoms in total. The molecule has 0 aliphatic rings. The molecule has 1 rings (SSSR count). The first-order valence-electron chi connectivity index (χ1n) is 4.99. The van der Waals surface area contributed by atoms with E-state index in [1.165, 1.54) is 5.56 Å². The van der Waals surface area contributed by atoms with Crippen molar-refractivity contribution in [1.29, 1.82) is 0 Å². The third kappa shape index (κ3) is 4.90. The molecule has 0 fully saturated rings. The normalized spacial score (nSPS) is 9.87. The fourth-order valence-electron chi connectivity index (χ4n) is 1.40. The maximum atomic E-state index is 10.1. The molecule has 0 bridgehead atoms. The third-order valence-corrected chi connectivity index (χ3v) is 2.12. The molecule has 0 aliphatic heterocycles. The summed E-state index contributed by atoms with van der Waals surface area (Å²) in [5.74, 6) is 0. The lowest BCUT2D eigenvalue weighted by Crippen LogP contribution is -2.21. The van der Waals surface area contributed by atoms with Crippen molar-refractivity contribution in [3.63, 3.8) is 0 Å². The van der Waals surface area contributed by atoms with Gasteiger partial charge < -0.3 is 16.2 Å². The van der Waals surface area contributed by atoms with Gasteiger partial charge in [-0.3, -0.25) is 0 Å². The van der Waals surface area contributed by atoms with Crippen molar-refractivity contribution < 1.29 is 9.90 Å². The number of rotatable bonds is 5. The van der Waals surface area contributed by atoms with Crippen LogP contribution in [0.4, 0.5) is 10.5 Å². The highest BCUT2D eigenvalue weighted by atomic mass is 16.4. The Kier molecular flexibility index (Phi) is 4.47. The summed E-state index contributed by atoms with van der Waals surface area (Å²) in [6.45, 7) is 0.512. The summed E-state index contributed by atoms with van der Waals surface area (Å²) in [5.41, 5.74) is 7.61. The van der Waals surface area contributed by atoms with E-state index in [4.69, 9.17) is 10.8 Å². The first-order valence-corrected chi connectivity index (χ1v) is 4.99. The molecular formula is C11H16N2O2. The number of hydrogen-bond donors (Lipinski definition) is 3. The Hall–Kier alpha value is -1.71. The van der Waals surface area contributed by atoms with E-state index in [2.05, 4.69) is 5.32 Å². The van der Waals surface area contributed by atoms with E-state index in [1.54, 1.807) is 0 Å². The lowest BCUT2D eigenvalue weighted by molar-refractivity contribution is 0.194. The molecule has 0 aromatic heterocycles. The highest BCUT2D eigenvalue weighted by molar-refractivity contribution is 5.64. The number of carbonyl (C=O) groups is 1. The predicted octanol–water partition coefficient (Wildman–Crippen LogP) is 1.86. The first kappa shape index (κ1) is 11.4. The van der Waals surface area contributed by atoms with Crippen molar-refractivity contribution in [2.24, 2.45) is 0 Å². The van der Waals surface area contributed by atoms with Gasteiger partial charge in [-0.05, 0) is 37.0 Å². The van der Waals surface area contributed by atoms with Crippen LogP contribution in [0.1, 0.15) is 18.4 Å². The Morgan fingerprint density at radius 2 is 2.20 bits per heavy atom. The standard InChI is InChI=1S/C11H16N2O2/c12-10-6-3-5-9(8-10)4-1-2-7-13-11(14)15/h3,5-6,8,13H,1-2,4,7,12H2,(H,14,15). The lowest BCUT2D eigenvalue weighted by Gasteiger charge is -2.03. The lowest BCUT2D eigenvalue weighted by atomic mass is 10.1. The largest absolute Gasteiger partial charge is 0.465 e. The molecule has 0 spiro atoms. The molecule has 0 aliphatic carbocycles.